The standard InChI is InChI=1S/C64H99N11O12/c1-17-41(6)55-58(81)65-38-53(78)70(12)50(35-45-27-21-18-22-28-45)62(85)73(15)51(36-46-29-23-19-24-30-46)63(86)72(14)49(34-40(4)5)61(84)71(13)48(33-39(2)3)57(80)66-47(60(83)75-31-25-20-26-32-75)37-52(77)68(10)42(7)56(79)67-54(44(9)76)64(87)69(11)43(8)59(82)74(55)16/h18-19,21-24,27-30,39-44,47-51,54-55,76H,17,20,25-26,31-38H2,1-16H3,(H,65,81)(H,66,80)(H,67,79)/t41-,42+,43-,44+,47-,48-,49-,50-,51-,54-,55-/m0/s1. The number of piperidine rings is 1. The summed E-state index contributed by atoms with van der Waals surface area (Å²) in [6, 6.07) is 6.19. The van der Waals surface area contributed by atoms with Gasteiger partial charge < -0.3 is 60.3 Å². The van der Waals surface area contributed by atoms with E-state index in [0.717, 1.165) is 16.2 Å². The summed E-state index contributed by atoms with van der Waals surface area (Å²) in [6.07, 6.45) is 0.736. The van der Waals surface area contributed by atoms with Crippen LogP contribution in [0.3, 0.4) is 0 Å². The van der Waals surface area contributed by atoms with Crippen LogP contribution >= 0.6 is 0 Å². The van der Waals surface area contributed by atoms with E-state index in [1.807, 2.05) is 52.8 Å². The van der Waals surface area contributed by atoms with Gasteiger partial charge in [-0.2, -0.15) is 0 Å². The smallest absolute Gasteiger partial charge is 0.248 e. The van der Waals surface area contributed by atoms with Crippen molar-refractivity contribution in [3.05, 3.63) is 71.8 Å². The molecule has 0 radical (unpaired) electrons. The van der Waals surface area contributed by atoms with Gasteiger partial charge in [0, 0.05) is 75.3 Å². The van der Waals surface area contributed by atoms with Crippen LogP contribution in [0, 0.1) is 17.8 Å². The van der Waals surface area contributed by atoms with E-state index in [2.05, 4.69) is 16.0 Å². The molecule has 23 heteroatoms. The summed E-state index contributed by atoms with van der Waals surface area (Å²) in [5, 5.41) is 19.0. The summed E-state index contributed by atoms with van der Waals surface area (Å²) in [7, 11) is 9.85. The van der Waals surface area contributed by atoms with Crippen molar-refractivity contribution in [1.29, 1.82) is 0 Å². The van der Waals surface area contributed by atoms with Crippen molar-refractivity contribution in [1.82, 2.24) is 55.1 Å². The Balaban J connectivity index is 1.93. The molecule has 2 aliphatic heterocycles. The Morgan fingerprint density at radius 1 is 0.517 bits per heavy atom. The van der Waals surface area contributed by atoms with Crippen LogP contribution in [0.5, 0.6) is 0 Å². The summed E-state index contributed by atoms with van der Waals surface area (Å²) in [5.41, 5.74) is 1.37. The third-order valence-corrected chi connectivity index (χ3v) is 17.4. The fourth-order valence-corrected chi connectivity index (χ4v) is 11.2. The zero-order chi connectivity index (χ0) is 65.3. The fourth-order valence-electron chi connectivity index (χ4n) is 11.2. The topological polar surface area (TPSA) is 270 Å². The molecule has 11 amide bonds. The van der Waals surface area contributed by atoms with Crippen LogP contribution in [-0.2, 0) is 65.6 Å². The molecule has 2 heterocycles. The molecule has 2 aromatic rings. The zero-order valence-corrected chi connectivity index (χ0v) is 54.3. The minimum atomic E-state index is -1.63. The molecule has 0 unspecified atom stereocenters. The van der Waals surface area contributed by atoms with Crippen molar-refractivity contribution < 1.29 is 57.8 Å². The predicted molar refractivity (Wildman–Crippen MR) is 330 cm³/mol. The Morgan fingerprint density at radius 2 is 0.989 bits per heavy atom. The van der Waals surface area contributed by atoms with Crippen LogP contribution in [0.4, 0.5) is 0 Å². The third kappa shape index (κ3) is 19.0. The minimum Gasteiger partial charge on any atom is -0.391 e. The highest BCUT2D eigenvalue weighted by Crippen LogP contribution is 2.24. The van der Waals surface area contributed by atoms with Crippen LogP contribution in [0.1, 0.15) is 118 Å². The number of likely N-dealkylation sites (tertiary alicyclic amines) is 1. The van der Waals surface area contributed by atoms with Gasteiger partial charge in [-0.3, -0.25) is 52.7 Å². The highest BCUT2D eigenvalue weighted by molar-refractivity contribution is 5.99. The van der Waals surface area contributed by atoms with Gasteiger partial charge in [-0.1, -0.05) is 109 Å². The third-order valence-electron chi connectivity index (χ3n) is 17.4. The number of carbonyl (C=O) groups is 11. The molecule has 0 aromatic heterocycles. The lowest BCUT2D eigenvalue weighted by atomic mass is 9.96. The molecule has 0 aliphatic carbocycles. The first-order valence-corrected chi connectivity index (χ1v) is 30.6. The second kappa shape index (κ2) is 33.1. The summed E-state index contributed by atoms with van der Waals surface area (Å²) < 4.78 is 0. The Labute approximate surface area is 515 Å². The number of benzene rings is 2. The number of hydrogen-bond acceptors (Lipinski definition) is 12. The molecule has 2 saturated heterocycles. The predicted octanol–water partition coefficient (Wildman–Crippen LogP) is 2.32. The van der Waals surface area contributed by atoms with Crippen molar-refractivity contribution in [2.45, 2.75) is 181 Å². The van der Waals surface area contributed by atoms with Crippen molar-refractivity contribution in [3.63, 3.8) is 0 Å². The summed E-state index contributed by atoms with van der Waals surface area (Å²) in [5.74, 6) is -8.54. The first kappa shape index (κ1) is 72.0. The van der Waals surface area contributed by atoms with Gasteiger partial charge in [-0.05, 0) is 81.8 Å². The molecule has 87 heavy (non-hydrogen) atoms. The van der Waals surface area contributed by atoms with E-state index in [9.17, 15) is 43.5 Å². The first-order chi connectivity index (χ1) is 40.9. The molecule has 2 aromatic carbocycles. The molecular weight excluding hydrogens is 1110 g/mol. The van der Waals surface area contributed by atoms with Crippen LogP contribution in [-0.4, -0.2) is 239 Å². The Morgan fingerprint density at radius 3 is 1.48 bits per heavy atom. The fraction of sp³-hybridized carbons (Fsp3) is 0.641. The molecule has 4 N–H and O–H groups in total. The average Bonchev–Trinajstić information content (AvgIpc) is 1.68. The number of carbonyl (C=O) groups excluding carboxylic acids is 11. The van der Waals surface area contributed by atoms with Crippen LogP contribution in [0.25, 0.3) is 0 Å². The number of amides is 11. The van der Waals surface area contributed by atoms with Crippen molar-refractivity contribution in [2.24, 2.45) is 17.8 Å². The zero-order valence-electron chi connectivity index (χ0n) is 54.3. The van der Waals surface area contributed by atoms with Crippen molar-refractivity contribution in [3.8, 4) is 0 Å². The largest absolute Gasteiger partial charge is 0.391 e. The maximum atomic E-state index is 15.5. The van der Waals surface area contributed by atoms with E-state index in [1.54, 1.807) is 54.3 Å². The Kier molecular flexibility index (Phi) is 27.4. The quantitative estimate of drug-likeness (QED) is 0.239. The number of aliphatic hydroxyl groups is 1. The summed E-state index contributed by atoms with van der Waals surface area (Å²) in [6.45, 7) is 15.3. The van der Waals surface area contributed by atoms with E-state index in [0.29, 0.717) is 43.5 Å². The normalized spacial score (nSPS) is 26.0. The van der Waals surface area contributed by atoms with Gasteiger partial charge in [-0.15, -0.1) is 0 Å². The van der Waals surface area contributed by atoms with Gasteiger partial charge in [0.25, 0.3) is 0 Å². The maximum Gasteiger partial charge on any atom is 0.248 e. The lowest BCUT2D eigenvalue weighted by Gasteiger charge is -2.40. The summed E-state index contributed by atoms with van der Waals surface area (Å²) >= 11 is 0. The second-order valence-electron chi connectivity index (χ2n) is 24.7. The molecule has 2 fully saturated rings. The highest BCUT2D eigenvalue weighted by Gasteiger charge is 2.44. The number of aliphatic hydroxyl groups excluding tert-OH is 1. The van der Waals surface area contributed by atoms with Gasteiger partial charge in [0.15, 0.2) is 0 Å². The van der Waals surface area contributed by atoms with E-state index in [-0.39, 0.29) is 37.5 Å². The van der Waals surface area contributed by atoms with Gasteiger partial charge in [-0.25, -0.2) is 0 Å². The maximum absolute atomic E-state index is 15.5. The number of nitrogens with zero attached hydrogens (tertiary/aromatic N) is 8. The molecule has 0 spiro atoms. The lowest BCUT2D eigenvalue weighted by Crippen LogP contribution is -2.61. The molecule has 2 aliphatic rings. The molecular formula is C64H99N11O12. The van der Waals surface area contributed by atoms with Gasteiger partial charge in [0.05, 0.1) is 19.1 Å². The van der Waals surface area contributed by atoms with Gasteiger partial charge in [0.2, 0.25) is 65.0 Å². The molecule has 0 bridgehead atoms. The van der Waals surface area contributed by atoms with E-state index in [4.69, 9.17) is 0 Å². The molecule has 23 nitrogen and oxygen atoms in total. The SMILES string of the molecule is CC[C@H](C)[C@H]1C(=O)NCC(=O)N(C)[C@@H](Cc2ccccc2)C(=O)N(C)[C@@H](Cc2ccccc2)C(=O)N(C)[C@@H](CC(C)C)C(=O)N(C)[C@@H](CC(C)C)C(=O)N[C@H](C(=O)N2CCCCC2)CC(=O)N(C)[C@H](C)C(=O)N[C@@H]([C@@H](C)O)C(=O)N(C)[C@@H](C)C(=O)N1C. The van der Waals surface area contributed by atoms with E-state index in [1.165, 1.54) is 94.6 Å². The minimum absolute atomic E-state index is 0.00826. The lowest BCUT2D eigenvalue weighted by molar-refractivity contribution is -0.154. The number of nitrogens with one attached hydrogen (secondary N) is 3. The average molecular weight is 1210 g/mol. The van der Waals surface area contributed by atoms with E-state index < -0.39 is 144 Å². The van der Waals surface area contributed by atoms with Crippen LogP contribution in [0.2, 0.25) is 0 Å². The number of hydrogen-bond donors (Lipinski definition) is 4. The number of rotatable bonds is 12. The van der Waals surface area contributed by atoms with Gasteiger partial charge in [0.1, 0.15) is 54.4 Å². The Bertz CT molecular complexity index is 2710. The van der Waals surface area contributed by atoms with Crippen molar-refractivity contribution >= 4 is 65.0 Å². The highest BCUT2D eigenvalue weighted by atomic mass is 16.3. The van der Waals surface area contributed by atoms with Gasteiger partial charge >= 0.3 is 0 Å². The molecule has 0 saturated carbocycles. The Hall–Kier alpha value is -7.43. The molecule has 482 valence electrons. The molecule has 4 rings (SSSR count). The molecule has 11 atom stereocenters. The van der Waals surface area contributed by atoms with Crippen LogP contribution < -0.4 is 16.0 Å². The van der Waals surface area contributed by atoms with Crippen LogP contribution in [0.15, 0.2) is 60.7 Å². The first-order valence-electron chi connectivity index (χ1n) is 30.6. The second-order valence-corrected chi connectivity index (χ2v) is 24.7. The van der Waals surface area contributed by atoms with Crippen molar-refractivity contribution in [2.75, 3.05) is 69.0 Å². The monoisotopic (exact) mass is 1210 g/mol. The van der Waals surface area contributed by atoms with E-state index >= 15 is 14.4 Å². The number of likely N-dealkylation sites (N-methyl/N-ethyl adjacent to an activating group) is 7. The summed E-state index contributed by atoms with van der Waals surface area (Å²) in [4.78, 5) is 172.